The summed E-state index contributed by atoms with van der Waals surface area (Å²) >= 11 is 1.20. The molecule has 7 heteroatoms. The molecular weight excluding hydrogens is 374 g/mol. The van der Waals surface area contributed by atoms with Gasteiger partial charge in [-0.1, -0.05) is 23.9 Å². The highest BCUT2D eigenvalue weighted by Gasteiger charge is 2.38. The molecule has 1 atom stereocenters. The molecule has 2 aromatic rings. The van der Waals surface area contributed by atoms with E-state index < -0.39 is 11.2 Å². The van der Waals surface area contributed by atoms with Gasteiger partial charge in [-0.2, -0.15) is 5.26 Å². The van der Waals surface area contributed by atoms with E-state index in [0.717, 1.165) is 5.56 Å². The second-order valence-electron chi connectivity index (χ2n) is 6.25. The summed E-state index contributed by atoms with van der Waals surface area (Å²) in [5, 5.41) is 12.3. The van der Waals surface area contributed by atoms with E-state index in [1.807, 2.05) is 31.2 Å². The van der Waals surface area contributed by atoms with Crippen molar-refractivity contribution in [1.29, 1.82) is 5.26 Å². The number of aryl methyl sites for hydroxylation is 1. The van der Waals surface area contributed by atoms with Crippen LogP contribution in [-0.2, 0) is 9.59 Å². The Bertz CT molecular complexity index is 993. The Balaban J connectivity index is 1.99. The molecule has 1 aliphatic heterocycles. The highest BCUT2D eigenvalue weighted by molar-refractivity contribution is 8.05. The van der Waals surface area contributed by atoms with Crippen molar-refractivity contribution in [2.75, 3.05) is 17.3 Å². The van der Waals surface area contributed by atoms with Gasteiger partial charge in [-0.25, -0.2) is 0 Å². The standard InChI is InChI=1S/C21H19N3O3S/c1-13-5-4-6-15(11-13)23-19(25)18(12-22)21-24(20(26)14(2)28-21)16-7-9-17(27-3)10-8-16/h4-11,14H,1-3H3,(H,23,25)/b21-18-. The molecule has 6 nitrogen and oxygen atoms in total. The predicted molar refractivity (Wildman–Crippen MR) is 110 cm³/mol. The second-order valence-corrected chi connectivity index (χ2v) is 7.58. The molecule has 2 aromatic carbocycles. The summed E-state index contributed by atoms with van der Waals surface area (Å²) in [4.78, 5) is 26.9. The highest BCUT2D eigenvalue weighted by atomic mass is 32.2. The maximum atomic E-state index is 12.8. The van der Waals surface area contributed by atoms with E-state index in [-0.39, 0.29) is 11.5 Å². The number of rotatable bonds is 4. The molecular formula is C21H19N3O3S. The van der Waals surface area contributed by atoms with E-state index in [0.29, 0.717) is 22.2 Å². The number of ether oxygens (including phenoxy) is 1. The van der Waals surface area contributed by atoms with Gasteiger partial charge < -0.3 is 10.1 Å². The summed E-state index contributed by atoms with van der Waals surface area (Å²) in [6.07, 6.45) is 0. The van der Waals surface area contributed by atoms with E-state index in [1.54, 1.807) is 44.4 Å². The first kappa shape index (κ1) is 19.5. The SMILES string of the molecule is COc1ccc(N2C(=O)C(C)S/C2=C(/C#N)C(=O)Nc2cccc(C)c2)cc1. The first-order valence-corrected chi connectivity index (χ1v) is 9.49. The van der Waals surface area contributed by atoms with Crippen molar-refractivity contribution in [2.24, 2.45) is 0 Å². The molecule has 142 valence electrons. The molecule has 2 amide bonds. The number of carbonyl (C=O) groups excluding carboxylic acids is 2. The number of hydrogen-bond donors (Lipinski definition) is 1. The Labute approximate surface area is 167 Å². The van der Waals surface area contributed by atoms with Gasteiger partial charge in [0.15, 0.2) is 0 Å². The average Bonchev–Trinajstić information content (AvgIpc) is 2.97. The second kappa shape index (κ2) is 8.19. The number of amides is 2. The number of carbonyl (C=O) groups is 2. The van der Waals surface area contributed by atoms with Crippen LogP contribution < -0.4 is 15.0 Å². The van der Waals surface area contributed by atoms with Crippen molar-refractivity contribution in [3.63, 3.8) is 0 Å². The van der Waals surface area contributed by atoms with Crippen LogP contribution >= 0.6 is 11.8 Å². The Morgan fingerprint density at radius 3 is 2.57 bits per heavy atom. The van der Waals surface area contributed by atoms with Gasteiger partial charge in [-0.05, 0) is 55.8 Å². The summed E-state index contributed by atoms with van der Waals surface area (Å²) in [6.45, 7) is 3.67. The molecule has 1 unspecified atom stereocenters. The first-order chi connectivity index (χ1) is 13.4. The minimum atomic E-state index is -0.545. The number of nitriles is 1. The van der Waals surface area contributed by atoms with Crippen LogP contribution in [0.15, 0.2) is 59.1 Å². The van der Waals surface area contributed by atoms with Crippen molar-refractivity contribution in [3.8, 4) is 11.8 Å². The van der Waals surface area contributed by atoms with E-state index in [9.17, 15) is 14.9 Å². The number of anilines is 2. The summed E-state index contributed by atoms with van der Waals surface area (Å²) in [5.74, 6) is -0.0726. The smallest absolute Gasteiger partial charge is 0.269 e. The minimum Gasteiger partial charge on any atom is -0.497 e. The van der Waals surface area contributed by atoms with Crippen molar-refractivity contribution in [1.82, 2.24) is 0 Å². The maximum absolute atomic E-state index is 12.8. The van der Waals surface area contributed by atoms with Gasteiger partial charge in [0.1, 0.15) is 22.4 Å². The molecule has 28 heavy (non-hydrogen) atoms. The van der Waals surface area contributed by atoms with Gasteiger partial charge in [0.05, 0.1) is 12.4 Å². The third-order valence-corrected chi connectivity index (χ3v) is 5.38. The quantitative estimate of drug-likeness (QED) is 0.630. The fourth-order valence-corrected chi connectivity index (χ4v) is 3.91. The van der Waals surface area contributed by atoms with Gasteiger partial charge in [0, 0.05) is 11.4 Å². The van der Waals surface area contributed by atoms with Crippen LogP contribution in [-0.4, -0.2) is 24.2 Å². The lowest BCUT2D eigenvalue weighted by atomic mass is 10.2. The zero-order chi connectivity index (χ0) is 20.3. The molecule has 1 saturated heterocycles. The van der Waals surface area contributed by atoms with Crippen LogP contribution in [0.3, 0.4) is 0 Å². The van der Waals surface area contributed by atoms with Crippen LogP contribution in [0, 0.1) is 18.3 Å². The monoisotopic (exact) mass is 393 g/mol. The van der Waals surface area contributed by atoms with Crippen molar-refractivity contribution < 1.29 is 14.3 Å². The van der Waals surface area contributed by atoms with Gasteiger partial charge >= 0.3 is 0 Å². The highest BCUT2D eigenvalue weighted by Crippen LogP contribution is 2.40. The number of methoxy groups -OCH3 is 1. The fourth-order valence-electron chi connectivity index (χ4n) is 2.81. The van der Waals surface area contributed by atoms with Crippen molar-refractivity contribution >= 4 is 35.0 Å². The molecule has 1 N–H and O–H groups in total. The molecule has 0 spiro atoms. The van der Waals surface area contributed by atoms with Gasteiger partial charge in [0.25, 0.3) is 5.91 Å². The van der Waals surface area contributed by atoms with Crippen LogP contribution in [0.5, 0.6) is 5.75 Å². The number of benzene rings is 2. The molecule has 0 saturated carbocycles. The van der Waals surface area contributed by atoms with Crippen LogP contribution in [0.4, 0.5) is 11.4 Å². The number of hydrogen-bond acceptors (Lipinski definition) is 5. The van der Waals surface area contributed by atoms with Crippen LogP contribution in [0.2, 0.25) is 0 Å². The van der Waals surface area contributed by atoms with Crippen LogP contribution in [0.1, 0.15) is 12.5 Å². The lowest BCUT2D eigenvalue weighted by Gasteiger charge is -2.19. The summed E-state index contributed by atoms with van der Waals surface area (Å²) in [6, 6.07) is 16.2. The van der Waals surface area contributed by atoms with E-state index in [4.69, 9.17) is 4.74 Å². The Morgan fingerprint density at radius 1 is 1.25 bits per heavy atom. The van der Waals surface area contributed by atoms with Gasteiger partial charge in [-0.15, -0.1) is 0 Å². The zero-order valence-corrected chi connectivity index (χ0v) is 16.5. The van der Waals surface area contributed by atoms with Gasteiger partial charge in [0.2, 0.25) is 5.91 Å². The molecule has 0 bridgehead atoms. The summed E-state index contributed by atoms with van der Waals surface area (Å²) in [5.41, 5.74) is 2.06. The van der Waals surface area contributed by atoms with Gasteiger partial charge in [-0.3, -0.25) is 14.5 Å². The van der Waals surface area contributed by atoms with E-state index in [1.165, 1.54) is 16.7 Å². The summed E-state index contributed by atoms with van der Waals surface area (Å²) < 4.78 is 5.15. The Morgan fingerprint density at radius 2 is 1.96 bits per heavy atom. The van der Waals surface area contributed by atoms with Crippen molar-refractivity contribution in [2.45, 2.75) is 19.1 Å². The summed E-state index contributed by atoms with van der Waals surface area (Å²) in [7, 11) is 1.56. The molecule has 0 aliphatic carbocycles. The minimum absolute atomic E-state index is 0.0972. The van der Waals surface area contributed by atoms with Crippen molar-refractivity contribution in [3.05, 3.63) is 64.7 Å². The zero-order valence-electron chi connectivity index (χ0n) is 15.7. The predicted octanol–water partition coefficient (Wildman–Crippen LogP) is 3.85. The fraction of sp³-hybridized carbons (Fsp3) is 0.190. The molecule has 1 heterocycles. The van der Waals surface area contributed by atoms with E-state index in [2.05, 4.69) is 5.32 Å². The molecule has 1 aliphatic rings. The topological polar surface area (TPSA) is 82.4 Å². The third-order valence-electron chi connectivity index (χ3n) is 4.22. The molecule has 3 rings (SSSR count). The molecule has 0 radical (unpaired) electrons. The molecule has 0 aromatic heterocycles. The van der Waals surface area contributed by atoms with E-state index >= 15 is 0 Å². The number of nitrogens with zero attached hydrogens (tertiary/aromatic N) is 2. The number of thioether (sulfide) groups is 1. The average molecular weight is 393 g/mol. The largest absolute Gasteiger partial charge is 0.497 e. The lowest BCUT2D eigenvalue weighted by molar-refractivity contribution is -0.116. The normalized spacial score (nSPS) is 17.9. The van der Waals surface area contributed by atoms with Crippen LogP contribution in [0.25, 0.3) is 0 Å². The number of nitrogens with one attached hydrogen (secondary N) is 1. The lowest BCUT2D eigenvalue weighted by Crippen LogP contribution is -2.29. The Kier molecular flexibility index (Phi) is 5.71. The third kappa shape index (κ3) is 3.87. The maximum Gasteiger partial charge on any atom is 0.269 e. The Hall–Kier alpha value is -3.24. The molecule has 1 fully saturated rings. The first-order valence-electron chi connectivity index (χ1n) is 8.61.